The SMILES string of the molecule is CC(=O)N1CCC(NC2NC(N3CCCCC3)CC(C(=O)NCC(O)CN3CCc4nc(OCc5ocnc5C)ccc4C3)C23CCCCCCCCCC3)CC1. The quantitative estimate of drug-likeness (QED) is 0.243. The lowest BCUT2D eigenvalue weighted by molar-refractivity contribution is -0.140. The van der Waals surface area contributed by atoms with Crippen molar-refractivity contribution in [3.63, 3.8) is 0 Å². The summed E-state index contributed by atoms with van der Waals surface area (Å²) in [6, 6.07) is 4.26. The maximum atomic E-state index is 14.8. The summed E-state index contributed by atoms with van der Waals surface area (Å²) in [5.41, 5.74) is 2.74. The molecule has 4 N–H and O–H groups in total. The van der Waals surface area contributed by atoms with Crippen molar-refractivity contribution in [1.82, 2.24) is 40.6 Å². The number of nitrogens with zero attached hydrogens (tertiary/aromatic N) is 5. The molecule has 316 valence electrons. The van der Waals surface area contributed by atoms with Crippen LogP contribution >= 0.6 is 0 Å². The Morgan fingerprint density at radius 3 is 2.37 bits per heavy atom. The van der Waals surface area contributed by atoms with E-state index in [4.69, 9.17) is 14.1 Å². The number of ether oxygens (including phenoxy) is 1. The van der Waals surface area contributed by atoms with E-state index in [0.29, 0.717) is 30.8 Å². The normalized spacial score (nSPS) is 26.3. The zero-order chi connectivity index (χ0) is 39.6. The Labute approximate surface area is 340 Å². The summed E-state index contributed by atoms with van der Waals surface area (Å²) in [5, 5.41) is 23.1. The number of hydrogen-bond acceptors (Lipinski definition) is 11. The van der Waals surface area contributed by atoms with Crippen LogP contribution < -0.4 is 20.7 Å². The number of piperidine rings is 3. The van der Waals surface area contributed by atoms with Crippen LogP contribution in [0.5, 0.6) is 5.88 Å². The zero-order valence-corrected chi connectivity index (χ0v) is 34.8. The molecule has 0 bridgehead atoms. The number of hydrogen-bond donors (Lipinski definition) is 4. The predicted molar refractivity (Wildman–Crippen MR) is 219 cm³/mol. The largest absolute Gasteiger partial charge is 0.469 e. The number of oxazole rings is 1. The van der Waals surface area contributed by atoms with Crippen LogP contribution in [0.4, 0.5) is 0 Å². The van der Waals surface area contributed by atoms with E-state index >= 15 is 0 Å². The van der Waals surface area contributed by atoms with Gasteiger partial charge in [0.2, 0.25) is 17.7 Å². The molecule has 57 heavy (non-hydrogen) atoms. The van der Waals surface area contributed by atoms with Crippen molar-refractivity contribution >= 4 is 11.8 Å². The van der Waals surface area contributed by atoms with Gasteiger partial charge in [0.1, 0.15) is 6.61 Å². The number of carbonyl (C=O) groups is 2. The van der Waals surface area contributed by atoms with Crippen LogP contribution in [0.25, 0.3) is 0 Å². The summed E-state index contributed by atoms with van der Waals surface area (Å²) in [6.07, 6.45) is 19.8. The van der Waals surface area contributed by atoms with Gasteiger partial charge in [-0.25, -0.2) is 9.97 Å². The van der Waals surface area contributed by atoms with Crippen LogP contribution in [0.1, 0.15) is 132 Å². The van der Waals surface area contributed by atoms with E-state index in [1.807, 2.05) is 17.9 Å². The van der Waals surface area contributed by atoms with E-state index in [9.17, 15) is 14.7 Å². The van der Waals surface area contributed by atoms with Crippen LogP contribution in [0.3, 0.4) is 0 Å². The number of carbonyl (C=O) groups excluding carboxylic acids is 2. The molecule has 7 rings (SSSR count). The maximum Gasteiger partial charge on any atom is 0.223 e. The molecule has 13 heteroatoms. The predicted octanol–water partition coefficient (Wildman–Crippen LogP) is 5.04. The number of amides is 2. The Kier molecular flexibility index (Phi) is 14.9. The van der Waals surface area contributed by atoms with E-state index in [-0.39, 0.29) is 48.6 Å². The Hall–Kier alpha value is -3.10. The minimum Gasteiger partial charge on any atom is -0.469 e. The first-order chi connectivity index (χ1) is 27.8. The number of rotatable bonds is 11. The molecule has 1 spiro atoms. The van der Waals surface area contributed by atoms with Crippen LogP contribution in [0.15, 0.2) is 22.9 Å². The maximum absolute atomic E-state index is 14.8. The van der Waals surface area contributed by atoms with E-state index < -0.39 is 6.10 Å². The first-order valence-corrected chi connectivity index (χ1v) is 22.5. The van der Waals surface area contributed by atoms with Crippen molar-refractivity contribution in [2.45, 2.75) is 161 Å². The number of pyridine rings is 1. The minimum absolute atomic E-state index is 0.00712. The molecule has 4 atom stereocenters. The molecule has 0 aromatic carbocycles. The number of aliphatic hydroxyl groups is 1. The van der Waals surface area contributed by atoms with Crippen LogP contribution in [0, 0.1) is 18.3 Å². The van der Waals surface area contributed by atoms with Gasteiger partial charge in [0.05, 0.1) is 29.8 Å². The Morgan fingerprint density at radius 1 is 0.982 bits per heavy atom. The van der Waals surface area contributed by atoms with Gasteiger partial charge >= 0.3 is 0 Å². The van der Waals surface area contributed by atoms with E-state index in [2.05, 4.69) is 36.8 Å². The van der Waals surface area contributed by atoms with Gasteiger partial charge in [-0.05, 0) is 70.5 Å². The third-order valence-corrected chi connectivity index (χ3v) is 13.9. The van der Waals surface area contributed by atoms with E-state index in [1.165, 1.54) is 64.2 Å². The van der Waals surface area contributed by atoms with Gasteiger partial charge in [0.25, 0.3) is 0 Å². The number of aromatic nitrogens is 2. The molecule has 13 nitrogen and oxygen atoms in total. The van der Waals surface area contributed by atoms with Gasteiger partial charge in [-0.3, -0.25) is 30.0 Å². The van der Waals surface area contributed by atoms with E-state index in [1.54, 1.807) is 6.92 Å². The number of nitrogens with one attached hydrogen (secondary N) is 3. The minimum atomic E-state index is -0.681. The lowest BCUT2D eigenvalue weighted by Gasteiger charge is -2.55. The standard InChI is InChI=1S/C44H70N8O5/c1-32-39(57-31-46-32)30-56-41-15-14-34-28-50(23-18-38(34)48-41)29-36(54)27-45-42(55)37-26-40(52-21-12-9-13-22-52)49-43(47-35-16-24-51(25-17-35)33(2)53)44(37)19-10-7-5-3-4-6-8-11-20-44/h14-15,31,35-37,40,43,47,49,54H,3-13,16-30H2,1-2H3,(H,45,55). The van der Waals surface area contributed by atoms with Gasteiger partial charge < -0.3 is 24.5 Å². The highest BCUT2D eigenvalue weighted by Crippen LogP contribution is 2.48. The zero-order valence-electron chi connectivity index (χ0n) is 34.8. The highest BCUT2D eigenvalue weighted by molar-refractivity contribution is 5.80. The van der Waals surface area contributed by atoms with Gasteiger partial charge in [-0.15, -0.1) is 0 Å². The highest BCUT2D eigenvalue weighted by Gasteiger charge is 2.53. The van der Waals surface area contributed by atoms with E-state index in [0.717, 1.165) is 101 Å². The van der Waals surface area contributed by atoms with Crippen molar-refractivity contribution in [2.75, 3.05) is 45.8 Å². The second-order valence-corrected chi connectivity index (χ2v) is 17.8. The topological polar surface area (TPSA) is 148 Å². The average molecular weight is 791 g/mol. The second kappa shape index (κ2) is 20.2. The average Bonchev–Trinajstić information content (AvgIpc) is 3.62. The molecule has 0 radical (unpaired) electrons. The summed E-state index contributed by atoms with van der Waals surface area (Å²) < 4.78 is 11.3. The van der Waals surface area contributed by atoms with Crippen molar-refractivity contribution in [3.8, 4) is 5.88 Å². The second-order valence-electron chi connectivity index (χ2n) is 17.8. The number of fused-ring (bicyclic) bond motifs is 1. The molecule has 3 saturated heterocycles. The molecule has 5 aliphatic rings. The molecule has 2 aromatic heterocycles. The fraction of sp³-hybridized carbons (Fsp3) is 0.773. The number of β-amino-alcohol motifs (C(OH)–C–C–N with tert-alkyl or cyclic N) is 1. The fourth-order valence-corrected chi connectivity index (χ4v) is 10.5. The lowest BCUT2D eigenvalue weighted by Crippen LogP contribution is -2.71. The van der Waals surface area contributed by atoms with Crippen LogP contribution in [-0.2, 0) is 29.2 Å². The van der Waals surface area contributed by atoms with Crippen molar-refractivity contribution < 1.29 is 23.8 Å². The molecular formula is C44H70N8O5. The summed E-state index contributed by atoms with van der Waals surface area (Å²) in [7, 11) is 0. The molecule has 2 amide bonds. The third kappa shape index (κ3) is 10.9. The molecule has 1 saturated carbocycles. The molecule has 6 heterocycles. The van der Waals surface area contributed by atoms with Crippen molar-refractivity contribution in [2.24, 2.45) is 11.3 Å². The summed E-state index contributed by atoms with van der Waals surface area (Å²) in [4.78, 5) is 42.8. The molecule has 4 unspecified atom stereocenters. The third-order valence-electron chi connectivity index (χ3n) is 13.9. The molecule has 4 fully saturated rings. The Balaban J connectivity index is 1.02. The highest BCUT2D eigenvalue weighted by atomic mass is 16.5. The van der Waals surface area contributed by atoms with Crippen LogP contribution in [0.2, 0.25) is 0 Å². The van der Waals surface area contributed by atoms with Gasteiger partial charge in [0, 0.05) is 76.1 Å². The summed E-state index contributed by atoms with van der Waals surface area (Å²) in [6.45, 7) is 9.75. The molecular weight excluding hydrogens is 721 g/mol. The van der Waals surface area contributed by atoms with Gasteiger partial charge in [0.15, 0.2) is 12.2 Å². The van der Waals surface area contributed by atoms with Crippen LogP contribution in [-0.4, -0.2) is 112 Å². The molecule has 2 aromatic rings. The first-order valence-electron chi connectivity index (χ1n) is 22.5. The number of aryl methyl sites for hydroxylation is 1. The summed E-state index contributed by atoms with van der Waals surface area (Å²) in [5.74, 6) is 1.37. The first kappa shape index (κ1) is 42.0. The smallest absolute Gasteiger partial charge is 0.223 e. The Morgan fingerprint density at radius 2 is 1.68 bits per heavy atom. The number of likely N-dealkylation sites (tertiary alicyclic amines) is 2. The summed E-state index contributed by atoms with van der Waals surface area (Å²) >= 11 is 0. The molecule has 4 aliphatic heterocycles. The van der Waals surface area contributed by atoms with Gasteiger partial charge in [-0.2, -0.15) is 0 Å². The monoisotopic (exact) mass is 791 g/mol. The molecule has 1 aliphatic carbocycles. The van der Waals surface area contributed by atoms with Gasteiger partial charge in [-0.1, -0.05) is 63.9 Å². The Bertz CT molecular complexity index is 1580. The van der Waals surface area contributed by atoms with Crippen molar-refractivity contribution in [1.29, 1.82) is 0 Å². The number of aliphatic hydroxyl groups excluding tert-OH is 1. The van der Waals surface area contributed by atoms with Crippen molar-refractivity contribution in [3.05, 3.63) is 41.2 Å². The lowest BCUT2D eigenvalue weighted by atomic mass is 9.62. The fourth-order valence-electron chi connectivity index (χ4n) is 10.5.